The SMILES string of the molecule is C=CCCOc1ccc(-c2ccc3c(c2)CCC(c2ccc(CCC=C)cc2)C3)cc1. The van der Waals surface area contributed by atoms with Gasteiger partial charge in [0.2, 0.25) is 0 Å². The van der Waals surface area contributed by atoms with Crippen molar-refractivity contribution in [3.63, 3.8) is 0 Å². The molecule has 1 aliphatic rings. The van der Waals surface area contributed by atoms with Crippen molar-refractivity contribution in [1.82, 2.24) is 0 Å². The van der Waals surface area contributed by atoms with Gasteiger partial charge in [-0.3, -0.25) is 0 Å². The van der Waals surface area contributed by atoms with Crippen molar-refractivity contribution < 1.29 is 4.74 Å². The number of ether oxygens (including phenoxy) is 1. The standard InChI is InChI=1S/C30H32O/c1-3-5-7-23-8-10-24(11-9-23)26-12-14-29-22-27(13-15-28(29)21-26)25-16-18-30(19-17-25)31-20-6-4-2/h3-4,8-11,13,15-19,22,26H,1-2,5-7,12,14,20-21H2. The second-order valence-corrected chi connectivity index (χ2v) is 8.44. The molecule has 0 saturated carbocycles. The molecule has 0 N–H and O–H groups in total. The van der Waals surface area contributed by atoms with E-state index in [4.69, 9.17) is 4.74 Å². The molecular weight excluding hydrogens is 376 g/mol. The Labute approximate surface area is 187 Å². The van der Waals surface area contributed by atoms with Crippen LogP contribution in [0.3, 0.4) is 0 Å². The van der Waals surface area contributed by atoms with Crippen LogP contribution in [0.25, 0.3) is 11.1 Å². The number of fused-ring (bicyclic) bond motifs is 1. The summed E-state index contributed by atoms with van der Waals surface area (Å²) in [7, 11) is 0. The zero-order chi connectivity index (χ0) is 21.5. The van der Waals surface area contributed by atoms with E-state index in [0.717, 1.165) is 37.9 Å². The number of hydrogen-bond acceptors (Lipinski definition) is 1. The van der Waals surface area contributed by atoms with Crippen molar-refractivity contribution in [3.8, 4) is 16.9 Å². The normalized spacial score (nSPS) is 15.2. The predicted octanol–water partition coefficient (Wildman–Crippen LogP) is 7.70. The summed E-state index contributed by atoms with van der Waals surface area (Å²) in [5.41, 5.74) is 8.42. The Kier molecular flexibility index (Phi) is 7.04. The molecule has 0 aliphatic heterocycles. The number of hydrogen-bond donors (Lipinski definition) is 0. The first-order valence-electron chi connectivity index (χ1n) is 11.4. The first-order valence-corrected chi connectivity index (χ1v) is 11.4. The van der Waals surface area contributed by atoms with E-state index in [1.807, 2.05) is 12.2 Å². The van der Waals surface area contributed by atoms with Crippen LogP contribution >= 0.6 is 0 Å². The van der Waals surface area contributed by atoms with E-state index >= 15 is 0 Å². The zero-order valence-corrected chi connectivity index (χ0v) is 18.4. The van der Waals surface area contributed by atoms with Crippen LogP contribution in [0.2, 0.25) is 0 Å². The van der Waals surface area contributed by atoms with Crippen LogP contribution in [-0.2, 0) is 19.3 Å². The average Bonchev–Trinajstić information content (AvgIpc) is 2.83. The van der Waals surface area contributed by atoms with Gasteiger partial charge in [-0.15, -0.1) is 13.2 Å². The van der Waals surface area contributed by atoms with Gasteiger partial charge in [0, 0.05) is 0 Å². The van der Waals surface area contributed by atoms with Gasteiger partial charge in [0.05, 0.1) is 6.61 Å². The second kappa shape index (κ2) is 10.3. The zero-order valence-electron chi connectivity index (χ0n) is 18.4. The van der Waals surface area contributed by atoms with Gasteiger partial charge >= 0.3 is 0 Å². The van der Waals surface area contributed by atoms with E-state index in [2.05, 4.69) is 79.9 Å². The van der Waals surface area contributed by atoms with Gasteiger partial charge in [0.1, 0.15) is 5.75 Å². The number of aryl methyl sites for hydroxylation is 2. The summed E-state index contributed by atoms with van der Waals surface area (Å²) in [6.07, 6.45) is 10.4. The highest BCUT2D eigenvalue weighted by Crippen LogP contribution is 2.35. The minimum atomic E-state index is 0.624. The molecule has 3 aromatic carbocycles. The van der Waals surface area contributed by atoms with Crippen molar-refractivity contribution in [2.24, 2.45) is 0 Å². The lowest BCUT2D eigenvalue weighted by atomic mass is 9.79. The van der Waals surface area contributed by atoms with Gasteiger partial charge in [0.15, 0.2) is 0 Å². The van der Waals surface area contributed by atoms with E-state index in [1.165, 1.54) is 39.8 Å². The smallest absolute Gasteiger partial charge is 0.119 e. The Morgan fingerprint density at radius 3 is 2.29 bits per heavy atom. The van der Waals surface area contributed by atoms with Crippen molar-refractivity contribution >= 4 is 0 Å². The molecule has 1 atom stereocenters. The highest BCUT2D eigenvalue weighted by Gasteiger charge is 2.20. The Bertz CT molecular complexity index is 1010. The largest absolute Gasteiger partial charge is 0.493 e. The molecule has 0 amide bonds. The predicted molar refractivity (Wildman–Crippen MR) is 132 cm³/mol. The lowest BCUT2D eigenvalue weighted by Crippen LogP contribution is -2.13. The van der Waals surface area contributed by atoms with E-state index in [-0.39, 0.29) is 0 Å². The van der Waals surface area contributed by atoms with Gasteiger partial charge in [-0.2, -0.15) is 0 Å². The fourth-order valence-electron chi connectivity index (χ4n) is 4.45. The molecule has 0 bridgehead atoms. The fraction of sp³-hybridized carbons (Fsp3) is 0.267. The Morgan fingerprint density at radius 1 is 0.806 bits per heavy atom. The molecule has 4 rings (SSSR count). The number of benzene rings is 3. The molecule has 1 aliphatic carbocycles. The third-order valence-corrected chi connectivity index (χ3v) is 6.30. The van der Waals surface area contributed by atoms with Crippen LogP contribution in [0.4, 0.5) is 0 Å². The lowest BCUT2D eigenvalue weighted by Gasteiger charge is -2.26. The van der Waals surface area contributed by atoms with E-state index in [1.54, 1.807) is 0 Å². The van der Waals surface area contributed by atoms with E-state index in [9.17, 15) is 0 Å². The molecule has 0 fully saturated rings. The Hall–Kier alpha value is -3.06. The number of rotatable bonds is 9. The minimum absolute atomic E-state index is 0.624. The average molecular weight is 409 g/mol. The molecule has 0 radical (unpaired) electrons. The summed E-state index contributed by atoms with van der Waals surface area (Å²) < 4.78 is 5.73. The van der Waals surface area contributed by atoms with Gasteiger partial charge in [-0.1, -0.05) is 66.7 Å². The van der Waals surface area contributed by atoms with Crippen LogP contribution in [-0.4, -0.2) is 6.61 Å². The van der Waals surface area contributed by atoms with Crippen molar-refractivity contribution in [3.05, 3.63) is 114 Å². The fourth-order valence-corrected chi connectivity index (χ4v) is 4.45. The van der Waals surface area contributed by atoms with Crippen LogP contribution in [0.15, 0.2) is 92.0 Å². The van der Waals surface area contributed by atoms with Gasteiger partial charge in [-0.25, -0.2) is 0 Å². The molecule has 0 saturated heterocycles. The molecule has 1 heteroatoms. The summed E-state index contributed by atoms with van der Waals surface area (Å²) >= 11 is 0. The quantitative estimate of drug-likeness (QED) is 0.260. The summed E-state index contributed by atoms with van der Waals surface area (Å²) in [6.45, 7) is 8.24. The van der Waals surface area contributed by atoms with Crippen LogP contribution in [0.5, 0.6) is 5.75 Å². The summed E-state index contributed by atoms with van der Waals surface area (Å²) in [6, 6.07) is 24.7. The molecule has 31 heavy (non-hydrogen) atoms. The maximum atomic E-state index is 5.73. The monoisotopic (exact) mass is 408 g/mol. The van der Waals surface area contributed by atoms with Crippen molar-refractivity contribution in [1.29, 1.82) is 0 Å². The van der Waals surface area contributed by atoms with Crippen LogP contribution in [0, 0.1) is 0 Å². The first kappa shape index (κ1) is 21.2. The topological polar surface area (TPSA) is 9.23 Å². The maximum Gasteiger partial charge on any atom is 0.119 e. The van der Waals surface area contributed by atoms with Gasteiger partial charge in [0.25, 0.3) is 0 Å². The first-order chi connectivity index (χ1) is 15.3. The van der Waals surface area contributed by atoms with Crippen molar-refractivity contribution in [2.75, 3.05) is 6.61 Å². The maximum absolute atomic E-state index is 5.73. The molecule has 0 aromatic heterocycles. The molecule has 0 heterocycles. The lowest BCUT2D eigenvalue weighted by molar-refractivity contribution is 0.325. The summed E-state index contributed by atoms with van der Waals surface area (Å²) in [4.78, 5) is 0. The molecule has 1 nitrogen and oxygen atoms in total. The Balaban J connectivity index is 1.42. The third-order valence-electron chi connectivity index (χ3n) is 6.30. The molecule has 1 unspecified atom stereocenters. The molecule has 158 valence electrons. The van der Waals surface area contributed by atoms with Gasteiger partial charge < -0.3 is 4.74 Å². The minimum Gasteiger partial charge on any atom is -0.493 e. The summed E-state index contributed by atoms with van der Waals surface area (Å²) in [5, 5.41) is 0. The molecule has 3 aromatic rings. The van der Waals surface area contributed by atoms with E-state index < -0.39 is 0 Å². The second-order valence-electron chi connectivity index (χ2n) is 8.44. The van der Waals surface area contributed by atoms with Crippen LogP contribution < -0.4 is 4.74 Å². The van der Waals surface area contributed by atoms with E-state index in [0.29, 0.717) is 12.5 Å². The highest BCUT2D eigenvalue weighted by atomic mass is 16.5. The van der Waals surface area contributed by atoms with Gasteiger partial charge in [-0.05, 0) is 90.0 Å². The number of allylic oxidation sites excluding steroid dienone is 1. The molecular formula is C30H32O. The van der Waals surface area contributed by atoms with Crippen molar-refractivity contribution in [2.45, 2.75) is 44.4 Å². The van der Waals surface area contributed by atoms with Crippen LogP contribution in [0.1, 0.15) is 47.4 Å². The Morgan fingerprint density at radius 2 is 1.55 bits per heavy atom. The summed E-state index contributed by atoms with van der Waals surface area (Å²) in [5.74, 6) is 1.54. The highest BCUT2D eigenvalue weighted by molar-refractivity contribution is 5.66. The third kappa shape index (κ3) is 5.35. The molecule has 0 spiro atoms.